The summed E-state index contributed by atoms with van der Waals surface area (Å²) in [4.78, 5) is 22.7. The molecule has 0 amide bonds. The normalized spacial score (nSPS) is 11.0. The molecule has 0 radical (unpaired) electrons. The number of aromatic hydroxyl groups is 1. The van der Waals surface area contributed by atoms with Crippen molar-refractivity contribution in [2.24, 2.45) is 0 Å². The lowest BCUT2D eigenvalue weighted by Crippen LogP contribution is -2.15. The molecule has 0 saturated heterocycles. The summed E-state index contributed by atoms with van der Waals surface area (Å²) in [7, 11) is 1.23. The Kier molecular flexibility index (Phi) is 4.84. The zero-order valence-corrected chi connectivity index (χ0v) is 13.7. The molecule has 1 aromatic heterocycles. The summed E-state index contributed by atoms with van der Waals surface area (Å²) in [6.07, 6.45) is 1.17. The van der Waals surface area contributed by atoms with Crippen molar-refractivity contribution in [2.45, 2.75) is 13.8 Å². The van der Waals surface area contributed by atoms with E-state index >= 15 is 0 Å². The molecule has 0 aliphatic heterocycles. The number of hydrogen-bond donors (Lipinski definition) is 1. The number of rotatable bonds is 4. The highest BCUT2D eigenvalue weighted by Crippen LogP contribution is 2.37. The molecule has 0 aliphatic rings. The van der Waals surface area contributed by atoms with Gasteiger partial charge in [-0.3, -0.25) is 14.9 Å². The van der Waals surface area contributed by atoms with Crippen LogP contribution in [0.25, 0.3) is 6.08 Å². The predicted octanol–water partition coefficient (Wildman–Crippen LogP) is 2.37. The van der Waals surface area contributed by atoms with Crippen molar-refractivity contribution in [3.05, 3.63) is 50.8 Å². The van der Waals surface area contributed by atoms with Crippen LogP contribution in [0.1, 0.15) is 21.7 Å². The maximum Gasteiger partial charge on any atom is 0.315 e. The van der Waals surface area contributed by atoms with Crippen LogP contribution < -0.4 is 4.74 Å². The largest absolute Gasteiger partial charge is 0.500 e. The van der Waals surface area contributed by atoms with Gasteiger partial charge >= 0.3 is 5.69 Å². The molecule has 2 aromatic rings. The Balaban J connectivity index is 2.55. The maximum atomic E-state index is 12.4. The number of carbonyl (C=O) groups excluding carboxylic acids is 1. The van der Waals surface area contributed by atoms with Gasteiger partial charge in [0.15, 0.2) is 5.75 Å². The van der Waals surface area contributed by atoms with Crippen LogP contribution in [-0.2, 0) is 0 Å². The summed E-state index contributed by atoms with van der Waals surface area (Å²) in [5, 5.41) is 34.1. The van der Waals surface area contributed by atoms with Gasteiger partial charge in [0.1, 0.15) is 11.6 Å². The highest BCUT2D eigenvalue weighted by molar-refractivity contribution is 6.03. The minimum Gasteiger partial charge on any atom is -0.500 e. The Labute approximate surface area is 142 Å². The Morgan fingerprint density at radius 3 is 2.60 bits per heavy atom. The van der Waals surface area contributed by atoms with Crippen molar-refractivity contribution in [3.63, 3.8) is 0 Å². The Bertz CT molecular complexity index is 937. The first-order valence-corrected chi connectivity index (χ1v) is 7.03. The summed E-state index contributed by atoms with van der Waals surface area (Å²) in [5.41, 5.74) is 0.463. The second-order valence-corrected chi connectivity index (χ2v) is 5.16. The molecule has 1 aromatic carbocycles. The van der Waals surface area contributed by atoms with E-state index in [-0.39, 0.29) is 16.9 Å². The van der Waals surface area contributed by atoms with E-state index in [2.05, 4.69) is 5.10 Å². The third-order valence-electron chi connectivity index (χ3n) is 3.36. The van der Waals surface area contributed by atoms with Crippen LogP contribution in [0, 0.1) is 35.3 Å². The van der Waals surface area contributed by atoms with E-state index in [4.69, 9.17) is 4.74 Å². The molecular weight excluding hydrogens is 328 g/mol. The van der Waals surface area contributed by atoms with Gasteiger partial charge in [-0.2, -0.15) is 10.4 Å². The van der Waals surface area contributed by atoms with Gasteiger partial charge < -0.3 is 9.84 Å². The van der Waals surface area contributed by atoms with Crippen LogP contribution in [-0.4, -0.2) is 32.8 Å². The molecule has 0 aliphatic carbocycles. The Hall–Kier alpha value is -3.67. The number of benzene rings is 1. The lowest BCUT2D eigenvalue weighted by atomic mass is 10.1. The van der Waals surface area contributed by atoms with Crippen LogP contribution >= 0.6 is 0 Å². The van der Waals surface area contributed by atoms with E-state index < -0.39 is 22.3 Å². The molecule has 25 heavy (non-hydrogen) atoms. The second-order valence-electron chi connectivity index (χ2n) is 5.16. The molecule has 0 unspecified atom stereocenters. The van der Waals surface area contributed by atoms with E-state index in [1.54, 1.807) is 26.0 Å². The van der Waals surface area contributed by atoms with Crippen molar-refractivity contribution in [2.75, 3.05) is 7.11 Å². The minimum atomic E-state index is -0.788. The van der Waals surface area contributed by atoms with Gasteiger partial charge in [0.2, 0.25) is 5.75 Å². The van der Waals surface area contributed by atoms with Crippen molar-refractivity contribution in [1.29, 1.82) is 5.26 Å². The van der Waals surface area contributed by atoms with Crippen LogP contribution in [0.4, 0.5) is 5.69 Å². The molecule has 128 valence electrons. The van der Waals surface area contributed by atoms with E-state index in [0.29, 0.717) is 11.4 Å². The number of aryl methyl sites for hydroxylation is 2. The molecule has 0 bridgehead atoms. The van der Waals surface area contributed by atoms with Crippen molar-refractivity contribution < 1.29 is 19.6 Å². The van der Waals surface area contributed by atoms with Gasteiger partial charge in [-0.25, -0.2) is 4.68 Å². The zero-order chi connectivity index (χ0) is 18.7. The summed E-state index contributed by atoms with van der Waals surface area (Å²) < 4.78 is 5.97. The molecule has 1 N–H and O–H groups in total. The van der Waals surface area contributed by atoms with Crippen LogP contribution in [0.3, 0.4) is 0 Å². The first-order chi connectivity index (χ1) is 11.8. The molecule has 0 fully saturated rings. The van der Waals surface area contributed by atoms with Crippen LogP contribution in [0.5, 0.6) is 11.5 Å². The summed E-state index contributed by atoms with van der Waals surface area (Å²) in [5.74, 6) is -1.44. The number of ether oxygens (including phenoxy) is 1. The van der Waals surface area contributed by atoms with Gasteiger partial charge in [0.25, 0.3) is 5.91 Å². The van der Waals surface area contributed by atoms with Crippen molar-refractivity contribution >= 4 is 17.7 Å². The topological polar surface area (TPSA) is 131 Å². The molecule has 0 atom stereocenters. The van der Waals surface area contributed by atoms with Crippen LogP contribution in [0.15, 0.2) is 23.8 Å². The van der Waals surface area contributed by atoms with Gasteiger partial charge in [-0.05, 0) is 37.6 Å². The molecule has 1 heterocycles. The molecule has 0 saturated carbocycles. The number of phenols is 1. The highest BCUT2D eigenvalue weighted by atomic mass is 16.6. The van der Waals surface area contributed by atoms with Crippen molar-refractivity contribution in [1.82, 2.24) is 9.78 Å². The lowest BCUT2D eigenvalue weighted by molar-refractivity contribution is -0.386. The number of phenolic OH excluding ortho intramolecular Hbond substituents is 1. The average molecular weight is 342 g/mol. The number of nitro benzene ring substituents is 1. The number of aromatic nitrogens is 2. The fourth-order valence-electron chi connectivity index (χ4n) is 2.25. The monoisotopic (exact) mass is 342 g/mol. The molecule has 9 heteroatoms. The average Bonchev–Trinajstić information content (AvgIpc) is 2.91. The maximum absolute atomic E-state index is 12.4. The number of carbonyl (C=O) groups is 1. The third-order valence-corrected chi connectivity index (χ3v) is 3.36. The zero-order valence-electron chi connectivity index (χ0n) is 13.7. The molecule has 0 spiro atoms. The SMILES string of the molecule is COc1cc(/C=C(\C#N)C(=O)n2nc(C)cc2C)cc([N+](=O)[O-])c1O. The van der Waals surface area contributed by atoms with Gasteiger partial charge in [-0.15, -0.1) is 0 Å². The number of hydrogen-bond acceptors (Lipinski definition) is 7. The lowest BCUT2D eigenvalue weighted by Gasteiger charge is -2.06. The van der Waals surface area contributed by atoms with Gasteiger partial charge in [-0.1, -0.05) is 0 Å². The Morgan fingerprint density at radius 1 is 1.44 bits per heavy atom. The third kappa shape index (κ3) is 3.48. The van der Waals surface area contributed by atoms with E-state index in [1.165, 1.54) is 19.3 Å². The molecule has 9 nitrogen and oxygen atoms in total. The smallest absolute Gasteiger partial charge is 0.315 e. The fraction of sp³-hybridized carbons (Fsp3) is 0.188. The quantitative estimate of drug-likeness (QED) is 0.390. The second kappa shape index (κ2) is 6.84. The first kappa shape index (κ1) is 17.7. The number of methoxy groups -OCH3 is 1. The van der Waals surface area contributed by atoms with E-state index in [1.807, 2.05) is 0 Å². The predicted molar refractivity (Wildman–Crippen MR) is 87.2 cm³/mol. The van der Waals surface area contributed by atoms with Crippen LogP contribution in [0.2, 0.25) is 0 Å². The first-order valence-electron chi connectivity index (χ1n) is 7.03. The standard InChI is InChI=1S/C16H14N4O5/c1-9-4-10(2)19(18-9)16(22)12(8-17)5-11-6-13(20(23)24)15(21)14(7-11)25-3/h4-7,21H,1-3H3/b12-5+. The highest BCUT2D eigenvalue weighted by Gasteiger charge is 2.21. The van der Waals surface area contributed by atoms with Gasteiger partial charge in [0.05, 0.1) is 17.7 Å². The number of allylic oxidation sites excluding steroid dienone is 1. The van der Waals surface area contributed by atoms with Crippen molar-refractivity contribution in [3.8, 4) is 17.6 Å². The van der Waals surface area contributed by atoms with E-state index in [9.17, 15) is 25.3 Å². The minimum absolute atomic E-state index is 0.142. The van der Waals surface area contributed by atoms with Gasteiger partial charge in [0, 0.05) is 11.8 Å². The molecule has 2 rings (SSSR count). The number of nitro groups is 1. The molecular formula is C16H14N4O5. The summed E-state index contributed by atoms with van der Waals surface area (Å²) >= 11 is 0. The number of nitriles is 1. The summed E-state index contributed by atoms with van der Waals surface area (Å²) in [6.45, 7) is 3.38. The summed E-state index contributed by atoms with van der Waals surface area (Å²) in [6, 6.07) is 5.78. The fourth-order valence-corrected chi connectivity index (χ4v) is 2.25. The van der Waals surface area contributed by atoms with E-state index in [0.717, 1.165) is 10.7 Å². The Morgan fingerprint density at radius 2 is 2.12 bits per heavy atom. The number of nitrogens with zero attached hydrogens (tertiary/aromatic N) is 4.